The van der Waals surface area contributed by atoms with E-state index in [-0.39, 0.29) is 9.80 Å². The number of benzene rings is 1. The second-order valence-corrected chi connectivity index (χ2v) is 9.61. The van der Waals surface area contributed by atoms with Crippen LogP contribution >= 0.6 is 0 Å². The molecule has 1 rings (SSSR count). The second kappa shape index (κ2) is 7.39. The van der Waals surface area contributed by atoms with Gasteiger partial charge in [0.25, 0.3) is 0 Å². The molecule has 0 bridgehead atoms. The molecular weight excluding hydrogens is 340 g/mol. The van der Waals surface area contributed by atoms with E-state index in [0.717, 1.165) is 18.5 Å². The van der Waals surface area contributed by atoms with E-state index in [1.165, 1.54) is 12.1 Å². The van der Waals surface area contributed by atoms with Gasteiger partial charge in [0.1, 0.15) is 4.91 Å². The molecule has 0 aliphatic heterocycles. The van der Waals surface area contributed by atoms with Gasteiger partial charge in [0.15, 0.2) is 23.5 Å². The number of hydrogen-bond acceptors (Lipinski definition) is 4. The summed E-state index contributed by atoms with van der Waals surface area (Å²) in [6, 6.07) is 7.79. The third-order valence-corrected chi connectivity index (χ3v) is 5.06. The van der Waals surface area contributed by atoms with Crippen LogP contribution in [0.1, 0.15) is 41.5 Å². The smallest absolute Gasteiger partial charge is 0.212 e. The van der Waals surface area contributed by atoms with Crippen molar-refractivity contribution < 1.29 is 17.9 Å². The van der Waals surface area contributed by atoms with E-state index in [1.807, 2.05) is 0 Å². The van der Waals surface area contributed by atoms with E-state index in [1.54, 1.807) is 59.7 Å². The van der Waals surface area contributed by atoms with Gasteiger partial charge in [-0.2, -0.15) is 0 Å². The highest BCUT2D eigenvalue weighted by Crippen LogP contribution is 2.18. The molecule has 0 saturated carbocycles. The average Bonchev–Trinajstić information content (AvgIpc) is 2.49. The van der Waals surface area contributed by atoms with Gasteiger partial charge in [-0.1, -0.05) is 18.2 Å². The van der Waals surface area contributed by atoms with Crippen LogP contribution in [0.3, 0.4) is 0 Å². The fourth-order valence-electron chi connectivity index (χ4n) is 1.61. The Hall–Kier alpha value is -2.15. The van der Waals surface area contributed by atoms with E-state index in [0.29, 0.717) is 9.48 Å². The van der Waals surface area contributed by atoms with Crippen LogP contribution in [0.15, 0.2) is 46.2 Å². The molecule has 0 aliphatic rings. The summed E-state index contributed by atoms with van der Waals surface area (Å²) >= 11 is 0. The molecule has 1 aromatic carbocycles. The molecule has 1 aromatic rings. The van der Waals surface area contributed by atoms with E-state index >= 15 is 0 Å². The highest BCUT2D eigenvalue weighted by atomic mass is 32.2. The first kappa shape index (κ1) is 20.9. The zero-order chi connectivity index (χ0) is 19.5. The minimum Gasteiger partial charge on any atom is -0.623 e. The van der Waals surface area contributed by atoms with Crippen LogP contribution in [0.2, 0.25) is 0 Å². The highest BCUT2D eigenvalue weighted by Gasteiger charge is 2.26. The van der Waals surface area contributed by atoms with Gasteiger partial charge in [0.2, 0.25) is 9.84 Å². The third-order valence-electron chi connectivity index (χ3n) is 3.30. The van der Waals surface area contributed by atoms with Gasteiger partial charge >= 0.3 is 0 Å². The van der Waals surface area contributed by atoms with Gasteiger partial charge < -0.3 is 10.4 Å². The molecule has 7 heteroatoms. The first-order valence-electron chi connectivity index (χ1n) is 7.89. The van der Waals surface area contributed by atoms with Crippen molar-refractivity contribution in [1.82, 2.24) is 0 Å². The van der Waals surface area contributed by atoms with Gasteiger partial charge in [-0.25, -0.2) is 17.9 Å². The van der Waals surface area contributed by atoms with Crippen molar-refractivity contribution in [2.45, 2.75) is 57.5 Å². The quantitative estimate of drug-likeness (QED) is 0.355. The topological polar surface area (TPSA) is 86.3 Å². The van der Waals surface area contributed by atoms with Crippen LogP contribution in [-0.4, -0.2) is 41.4 Å². The molecule has 0 radical (unpaired) electrons. The molecule has 0 amide bonds. The van der Waals surface area contributed by atoms with E-state index in [2.05, 4.69) is 0 Å². The molecule has 0 spiro atoms. The highest BCUT2D eigenvalue weighted by molar-refractivity contribution is 7.96. The summed E-state index contributed by atoms with van der Waals surface area (Å²) in [5.74, 6) is 0. The molecule has 0 fully saturated rings. The van der Waals surface area contributed by atoms with Gasteiger partial charge in [-0.3, -0.25) is 0 Å². The van der Waals surface area contributed by atoms with E-state index in [9.17, 15) is 18.8 Å². The lowest BCUT2D eigenvalue weighted by atomic mass is 10.1. The number of hydroxylamine groups is 2. The maximum Gasteiger partial charge on any atom is 0.212 e. The molecule has 0 aliphatic carbocycles. The van der Waals surface area contributed by atoms with Gasteiger partial charge in [0.05, 0.1) is 4.90 Å². The van der Waals surface area contributed by atoms with Crippen molar-refractivity contribution in [3.8, 4) is 0 Å². The molecule has 0 heterocycles. The van der Waals surface area contributed by atoms with Crippen LogP contribution in [0.5, 0.6) is 0 Å². The SMILES string of the molecule is CC(C)(C)/[N+]([O-])=C/C=C(/C=[N+](\[O-])C(C)(C)C)S(=O)(=O)c1ccccc1. The van der Waals surface area contributed by atoms with Crippen LogP contribution < -0.4 is 0 Å². The molecular formula is C18H26N2O4S. The number of sulfone groups is 1. The zero-order valence-electron chi connectivity index (χ0n) is 15.6. The summed E-state index contributed by atoms with van der Waals surface area (Å²) in [6.45, 7) is 10.1. The van der Waals surface area contributed by atoms with Crippen molar-refractivity contribution >= 4 is 22.3 Å². The maximum atomic E-state index is 12.9. The normalized spacial score (nSPS) is 15.4. The number of allylic oxidation sites excluding steroid dienone is 2. The molecule has 138 valence electrons. The fraction of sp³-hybridized carbons (Fsp3) is 0.444. The second-order valence-electron chi connectivity index (χ2n) is 7.66. The van der Waals surface area contributed by atoms with Crippen molar-refractivity contribution in [3.63, 3.8) is 0 Å². The van der Waals surface area contributed by atoms with Crippen molar-refractivity contribution in [3.05, 3.63) is 51.7 Å². The van der Waals surface area contributed by atoms with Gasteiger partial charge in [-0.15, -0.1) is 0 Å². The van der Waals surface area contributed by atoms with Gasteiger partial charge in [0, 0.05) is 47.6 Å². The first-order valence-corrected chi connectivity index (χ1v) is 9.37. The van der Waals surface area contributed by atoms with E-state index in [4.69, 9.17) is 0 Å². The minimum absolute atomic E-state index is 0.0569. The number of hydrogen-bond donors (Lipinski definition) is 0. The zero-order valence-corrected chi connectivity index (χ0v) is 16.4. The summed E-state index contributed by atoms with van der Waals surface area (Å²) in [5, 5.41) is 24.3. The standard InChI is InChI=1S/C18H26N2O4S/c1-17(2,3)19(21)13-12-16(14-20(22)18(4,5)6)25(23,24)15-10-8-7-9-11-15/h7-14H,1-6H3/b16-12-,19-13-,20-14-. The Kier molecular flexibility index (Phi) is 6.18. The van der Waals surface area contributed by atoms with Crippen LogP contribution in [0.25, 0.3) is 0 Å². The van der Waals surface area contributed by atoms with Crippen molar-refractivity contribution in [1.29, 1.82) is 0 Å². The lowest BCUT2D eigenvalue weighted by Gasteiger charge is -2.19. The van der Waals surface area contributed by atoms with Gasteiger partial charge in [-0.05, 0) is 12.1 Å². The lowest BCUT2D eigenvalue weighted by Crippen LogP contribution is -2.31. The molecule has 0 saturated heterocycles. The van der Waals surface area contributed by atoms with Crippen molar-refractivity contribution in [2.75, 3.05) is 0 Å². The Balaban J connectivity index is 3.55. The molecule has 0 unspecified atom stereocenters. The fourth-order valence-corrected chi connectivity index (χ4v) is 2.87. The first-order chi connectivity index (χ1) is 11.3. The Morgan fingerprint density at radius 1 is 0.920 bits per heavy atom. The molecule has 25 heavy (non-hydrogen) atoms. The molecule has 6 nitrogen and oxygen atoms in total. The number of rotatable bonds is 4. The average molecular weight is 366 g/mol. The maximum absolute atomic E-state index is 12.9. The summed E-state index contributed by atoms with van der Waals surface area (Å²) < 4.78 is 26.9. The van der Waals surface area contributed by atoms with Crippen LogP contribution in [0, 0.1) is 10.4 Å². The summed E-state index contributed by atoms with van der Waals surface area (Å²) in [7, 11) is -3.93. The third kappa shape index (κ3) is 5.70. The Morgan fingerprint density at radius 3 is 1.84 bits per heavy atom. The van der Waals surface area contributed by atoms with Crippen molar-refractivity contribution in [2.24, 2.45) is 0 Å². The Bertz CT molecular complexity index is 794. The largest absolute Gasteiger partial charge is 0.623 e. The summed E-state index contributed by atoms with van der Waals surface area (Å²) in [5.41, 5.74) is -1.54. The molecule has 0 N–H and O–H groups in total. The summed E-state index contributed by atoms with van der Waals surface area (Å²) in [6.07, 6.45) is 3.30. The minimum atomic E-state index is -3.93. The molecule has 0 atom stereocenters. The lowest BCUT2D eigenvalue weighted by molar-refractivity contribution is -0.531. The Labute approximate surface area is 149 Å². The van der Waals surface area contributed by atoms with E-state index < -0.39 is 20.9 Å². The predicted molar refractivity (Wildman–Crippen MR) is 101 cm³/mol. The van der Waals surface area contributed by atoms with Crippen LogP contribution in [-0.2, 0) is 9.84 Å². The number of nitrogens with zero attached hydrogens (tertiary/aromatic N) is 2. The van der Waals surface area contributed by atoms with Crippen LogP contribution in [0.4, 0.5) is 0 Å². The monoisotopic (exact) mass is 366 g/mol. The Morgan fingerprint density at radius 2 is 1.40 bits per heavy atom. The predicted octanol–water partition coefficient (Wildman–Crippen LogP) is 3.10. The summed E-state index contributed by atoms with van der Waals surface area (Å²) in [4.78, 5) is -0.185. The molecule has 0 aromatic heterocycles.